The molecule has 1 rings (SSSR count). The van der Waals surface area contributed by atoms with E-state index >= 15 is 0 Å². The van der Waals surface area contributed by atoms with E-state index in [-0.39, 0.29) is 11.1 Å². The summed E-state index contributed by atoms with van der Waals surface area (Å²) in [6.07, 6.45) is 8.96. The van der Waals surface area contributed by atoms with Crippen LogP contribution in [-0.2, 0) is 8.85 Å². The zero-order chi connectivity index (χ0) is 17.9. The highest BCUT2D eigenvalue weighted by Gasteiger charge is 2.42. The average Bonchev–Trinajstić information content (AvgIpc) is 2.41. The minimum Gasteiger partial charge on any atom is -0.546 e. The Bertz CT molecular complexity index is 397. The van der Waals surface area contributed by atoms with Crippen molar-refractivity contribution < 1.29 is 8.85 Å². The van der Waals surface area contributed by atoms with Gasteiger partial charge in [0.25, 0.3) is 0 Å². The van der Waals surface area contributed by atoms with E-state index in [0.29, 0.717) is 5.92 Å². The molecule has 0 aromatic rings. The molecule has 1 saturated carbocycles. The normalized spacial score (nSPS) is 20.5. The highest BCUT2D eigenvalue weighted by Crippen LogP contribution is 2.41. The third-order valence-electron chi connectivity index (χ3n) is 5.29. The minimum atomic E-state index is -1.81. The lowest BCUT2D eigenvalue weighted by Crippen LogP contribution is -2.47. The van der Waals surface area contributed by atoms with E-state index in [0.717, 1.165) is 5.76 Å². The Kier molecular flexibility index (Phi) is 7.18. The molecule has 0 spiro atoms. The summed E-state index contributed by atoms with van der Waals surface area (Å²) >= 11 is 0. The van der Waals surface area contributed by atoms with Gasteiger partial charge in [0.1, 0.15) is 11.9 Å². The van der Waals surface area contributed by atoms with Crippen LogP contribution in [0.1, 0.15) is 59.8 Å². The first-order valence-corrected chi connectivity index (χ1v) is 15.7. The smallest absolute Gasteiger partial charge is 0.241 e. The molecular weight excluding hydrogens is 316 g/mol. The first-order chi connectivity index (χ1) is 10.4. The first kappa shape index (κ1) is 21.0. The van der Waals surface area contributed by atoms with Crippen molar-refractivity contribution in [2.24, 2.45) is 5.92 Å². The van der Waals surface area contributed by atoms with Gasteiger partial charge in [0, 0.05) is 0 Å². The number of hydrogen-bond acceptors (Lipinski definition) is 2. The summed E-state index contributed by atoms with van der Waals surface area (Å²) < 4.78 is 13.4. The van der Waals surface area contributed by atoms with Gasteiger partial charge in [0.15, 0.2) is 8.32 Å². The summed E-state index contributed by atoms with van der Waals surface area (Å²) in [5, 5.41) is 0.234. The summed E-state index contributed by atoms with van der Waals surface area (Å²) in [5.41, 5.74) is 0. The predicted octanol–water partition coefficient (Wildman–Crippen LogP) is 6.71. The fraction of sp³-hybridized carbons (Fsp3) is 0.895. The lowest BCUT2D eigenvalue weighted by atomic mass is 9.84. The summed E-state index contributed by atoms with van der Waals surface area (Å²) in [4.78, 5) is 0. The summed E-state index contributed by atoms with van der Waals surface area (Å²) in [6, 6.07) is 0. The maximum absolute atomic E-state index is 6.91. The molecule has 0 aromatic carbocycles. The number of allylic oxidation sites excluding steroid dienone is 1. The van der Waals surface area contributed by atoms with E-state index in [1.54, 1.807) is 0 Å². The number of hydrogen-bond donors (Lipinski definition) is 0. The molecule has 0 bridgehead atoms. The second kappa shape index (κ2) is 7.88. The Morgan fingerprint density at radius 1 is 1.00 bits per heavy atom. The quantitative estimate of drug-likeness (QED) is 0.389. The molecular formula is C19H40O2Si2. The van der Waals surface area contributed by atoms with Crippen LogP contribution in [0.15, 0.2) is 11.8 Å². The van der Waals surface area contributed by atoms with Gasteiger partial charge >= 0.3 is 0 Å². The molecule has 1 aliphatic carbocycles. The molecule has 4 heteroatoms. The Labute approximate surface area is 147 Å². The van der Waals surface area contributed by atoms with E-state index < -0.39 is 16.6 Å². The Morgan fingerprint density at radius 2 is 1.52 bits per heavy atom. The fourth-order valence-electron chi connectivity index (χ4n) is 2.95. The van der Waals surface area contributed by atoms with E-state index in [9.17, 15) is 0 Å². The van der Waals surface area contributed by atoms with Gasteiger partial charge in [0.05, 0.1) is 0 Å². The molecule has 23 heavy (non-hydrogen) atoms. The van der Waals surface area contributed by atoms with Crippen LogP contribution in [0.5, 0.6) is 0 Å². The van der Waals surface area contributed by atoms with Gasteiger partial charge in [-0.3, -0.25) is 0 Å². The average molecular weight is 357 g/mol. The molecule has 0 unspecified atom stereocenters. The van der Waals surface area contributed by atoms with Gasteiger partial charge in [0.2, 0.25) is 8.32 Å². The molecule has 1 atom stereocenters. The van der Waals surface area contributed by atoms with Gasteiger partial charge in [-0.05, 0) is 69.5 Å². The Morgan fingerprint density at radius 3 is 1.91 bits per heavy atom. The highest BCUT2D eigenvalue weighted by molar-refractivity contribution is 6.74. The van der Waals surface area contributed by atoms with Crippen molar-refractivity contribution in [3.05, 3.63) is 11.8 Å². The lowest BCUT2D eigenvalue weighted by Gasteiger charge is -2.43. The van der Waals surface area contributed by atoms with Crippen molar-refractivity contribution in [3.8, 4) is 0 Å². The summed E-state index contributed by atoms with van der Waals surface area (Å²) in [5.74, 6) is 1.74. The molecule has 136 valence electrons. The molecule has 0 aromatic heterocycles. The van der Waals surface area contributed by atoms with E-state index in [4.69, 9.17) is 8.85 Å². The number of rotatable bonds is 6. The van der Waals surface area contributed by atoms with E-state index in [1.165, 1.54) is 32.1 Å². The Balaban J connectivity index is 3.06. The van der Waals surface area contributed by atoms with Crippen molar-refractivity contribution >= 4 is 16.6 Å². The van der Waals surface area contributed by atoms with Crippen LogP contribution in [-0.4, -0.2) is 22.7 Å². The molecule has 0 radical (unpaired) electrons. The van der Waals surface area contributed by atoms with Crippen LogP contribution < -0.4 is 0 Å². The molecule has 1 fully saturated rings. The minimum absolute atomic E-state index is 0.160. The van der Waals surface area contributed by atoms with Crippen LogP contribution in [0.3, 0.4) is 0 Å². The van der Waals surface area contributed by atoms with Crippen LogP contribution in [0.25, 0.3) is 0 Å². The predicted molar refractivity (Wildman–Crippen MR) is 107 cm³/mol. The molecule has 0 N–H and O–H groups in total. The van der Waals surface area contributed by atoms with Crippen LogP contribution in [0.4, 0.5) is 0 Å². The van der Waals surface area contributed by atoms with Crippen molar-refractivity contribution in [3.63, 3.8) is 0 Å². The molecule has 0 amide bonds. The summed E-state index contributed by atoms with van der Waals surface area (Å²) in [6.45, 7) is 20.6. The topological polar surface area (TPSA) is 18.5 Å². The summed E-state index contributed by atoms with van der Waals surface area (Å²) in [7, 11) is -3.43. The zero-order valence-corrected chi connectivity index (χ0v) is 19.1. The van der Waals surface area contributed by atoms with Gasteiger partial charge in [-0.25, -0.2) is 0 Å². The Hall–Kier alpha value is -0.0662. The van der Waals surface area contributed by atoms with Gasteiger partial charge in [-0.1, -0.05) is 40.0 Å². The lowest BCUT2D eigenvalue weighted by molar-refractivity contribution is 0.0884. The molecule has 1 aliphatic rings. The standard InChI is InChI=1S/C19H40O2Si2/c1-10-17(20-22(5,6)7)18(16-14-12-11-13-15-16)21-23(8,9)19(2,3)4/h10,16,18H,11-15H2,1-9H3/t18-/m1/s1. The van der Waals surface area contributed by atoms with E-state index in [2.05, 4.69) is 66.5 Å². The zero-order valence-electron chi connectivity index (χ0n) is 17.1. The van der Waals surface area contributed by atoms with Gasteiger partial charge in [-0.2, -0.15) is 0 Å². The molecule has 0 saturated heterocycles. The highest BCUT2D eigenvalue weighted by atomic mass is 28.4. The van der Waals surface area contributed by atoms with Crippen molar-refractivity contribution in [2.75, 3.05) is 0 Å². The third kappa shape index (κ3) is 6.39. The molecule has 0 aliphatic heterocycles. The van der Waals surface area contributed by atoms with Gasteiger partial charge in [-0.15, -0.1) is 0 Å². The van der Waals surface area contributed by atoms with E-state index in [1.807, 2.05) is 0 Å². The SMILES string of the molecule is CC=C(O[Si](C)(C)C)[C@H](O[Si](C)(C)C(C)(C)C)C1CCCCC1. The fourth-order valence-corrected chi connectivity index (χ4v) is 5.19. The maximum Gasteiger partial charge on any atom is 0.241 e. The first-order valence-electron chi connectivity index (χ1n) is 9.40. The van der Waals surface area contributed by atoms with Crippen LogP contribution in [0.2, 0.25) is 37.8 Å². The van der Waals surface area contributed by atoms with Gasteiger partial charge < -0.3 is 8.85 Å². The second-order valence-electron chi connectivity index (χ2n) is 9.60. The maximum atomic E-state index is 6.91. The monoisotopic (exact) mass is 356 g/mol. The second-order valence-corrected chi connectivity index (χ2v) is 18.8. The molecule has 0 heterocycles. The van der Waals surface area contributed by atoms with Crippen molar-refractivity contribution in [1.82, 2.24) is 0 Å². The molecule has 2 nitrogen and oxygen atoms in total. The van der Waals surface area contributed by atoms with Crippen LogP contribution in [0, 0.1) is 5.92 Å². The largest absolute Gasteiger partial charge is 0.546 e. The third-order valence-corrected chi connectivity index (χ3v) is 10.6. The van der Waals surface area contributed by atoms with Crippen molar-refractivity contribution in [1.29, 1.82) is 0 Å². The van der Waals surface area contributed by atoms with Crippen molar-refractivity contribution in [2.45, 2.75) is 104 Å². The van der Waals surface area contributed by atoms with Crippen LogP contribution >= 0.6 is 0 Å².